The monoisotopic (exact) mass is 328 g/mol. The second kappa shape index (κ2) is 7.61. The molecule has 2 aromatic carbocycles. The highest BCUT2D eigenvalue weighted by molar-refractivity contribution is 5.48. The van der Waals surface area contributed by atoms with Crippen LogP contribution in [0.1, 0.15) is 57.6 Å². The molecule has 1 heterocycles. The lowest BCUT2D eigenvalue weighted by molar-refractivity contribution is 0.163. The molecule has 24 heavy (non-hydrogen) atoms. The Bertz CT molecular complexity index is 663. The fourth-order valence-corrected chi connectivity index (χ4v) is 3.50. The normalized spacial score (nSPS) is 21.9. The summed E-state index contributed by atoms with van der Waals surface area (Å²) in [5.74, 6) is 1.63. The molecule has 2 unspecified atom stereocenters. The van der Waals surface area contributed by atoms with Crippen molar-refractivity contribution in [1.82, 2.24) is 0 Å². The Morgan fingerprint density at radius 3 is 2.29 bits per heavy atom. The van der Waals surface area contributed by atoms with Gasteiger partial charge in [0.15, 0.2) is 0 Å². The minimum Gasteiger partial charge on any atom is -0.508 e. The Morgan fingerprint density at radius 2 is 1.67 bits per heavy atom. The minimum atomic E-state index is -0.145. The molecular formula is C21H28O3. The van der Waals surface area contributed by atoms with Crippen molar-refractivity contribution in [2.75, 3.05) is 6.61 Å². The SMILES string of the molecule is CC.CCCC1c2ccc(O)cc2OCC1(C)c1ccc(O)cc1. The number of phenols is 2. The Balaban J connectivity index is 0.00000100. The lowest BCUT2D eigenvalue weighted by Gasteiger charge is -2.43. The molecule has 2 aromatic rings. The molecule has 0 amide bonds. The molecule has 3 rings (SSSR count). The van der Waals surface area contributed by atoms with Gasteiger partial charge in [0.1, 0.15) is 17.2 Å². The first kappa shape index (κ1) is 18.2. The molecule has 1 aliphatic rings. The summed E-state index contributed by atoms with van der Waals surface area (Å²) >= 11 is 0. The predicted octanol–water partition coefficient (Wildman–Crippen LogP) is 5.36. The quantitative estimate of drug-likeness (QED) is 0.797. The van der Waals surface area contributed by atoms with Gasteiger partial charge < -0.3 is 14.9 Å². The van der Waals surface area contributed by atoms with Crippen molar-refractivity contribution in [2.24, 2.45) is 0 Å². The van der Waals surface area contributed by atoms with E-state index in [0.29, 0.717) is 12.5 Å². The lowest BCUT2D eigenvalue weighted by atomic mass is 9.66. The van der Waals surface area contributed by atoms with E-state index < -0.39 is 0 Å². The van der Waals surface area contributed by atoms with Crippen molar-refractivity contribution < 1.29 is 14.9 Å². The van der Waals surface area contributed by atoms with E-state index in [2.05, 4.69) is 13.8 Å². The average molecular weight is 328 g/mol. The summed E-state index contributed by atoms with van der Waals surface area (Å²) < 4.78 is 5.96. The smallest absolute Gasteiger partial charge is 0.126 e. The van der Waals surface area contributed by atoms with Crippen LogP contribution in [0.5, 0.6) is 17.2 Å². The van der Waals surface area contributed by atoms with E-state index in [-0.39, 0.29) is 16.9 Å². The van der Waals surface area contributed by atoms with E-state index in [1.165, 1.54) is 5.56 Å². The topological polar surface area (TPSA) is 49.7 Å². The first-order valence-corrected chi connectivity index (χ1v) is 8.80. The molecule has 2 atom stereocenters. The van der Waals surface area contributed by atoms with Gasteiger partial charge in [-0.2, -0.15) is 0 Å². The number of hydrogen-bond donors (Lipinski definition) is 2. The van der Waals surface area contributed by atoms with Crippen molar-refractivity contribution in [1.29, 1.82) is 0 Å². The molecule has 0 aliphatic carbocycles. The number of phenolic OH excluding ortho intramolecular Hbond substituents is 2. The predicted molar refractivity (Wildman–Crippen MR) is 98.1 cm³/mol. The molecule has 3 nitrogen and oxygen atoms in total. The number of ether oxygens (including phenoxy) is 1. The fourth-order valence-electron chi connectivity index (χ4n) is 3.50. The van der Waals surface area contributed by atoms with Gasteiger partial charge >= 0.3 is 0 Å². The zero-order chi connectivity index (χ0) is 17.7. The van der Waals surface area contributed by atoms with Crippen LogP contribution in [0.25, 0.3) is 0 Å². The Hall–Kier alpha value is -2.16. The second-order valence-corrected chi connectivity index (χ2v) is 6.32. The molecule has 0 fully saturated rings. The van der Waals surface area contributed by atoms with Crippen molar-refractivity contribution >= 4 is 0 Å². The van der Waals surface area contributed by atoms with Crippen LogP contribution in [0.2, 0.25) is 0 Å². The average Bonchev–Trinajstić information content (AvgIpc) is 2.60. The van der Waals surface area contributed by atoms with Gasteiger partial charge in [0.05, 0.1) is 6.61 Å². The summed E-state index contributed by atoms with van der Waals surface area (Å²) in [5, 5.41) is 19.2. The number of benzene rings is 2. The maximum Gasteiger partial charge on any atom is 0.126 e. The standard InChI is InChI=1S/C19H22O3.C2H6/c1-3-4-17-16-10-9-15(21)11-18(16)22-12-19(17,2)13-5-7-14(20)8-6-13;1-2/h5-11,17,20-21H,3-4,12H2,1-2H3;1-2H3. The summed E-state index contributed by atoms with van der Waals surface area (Å²) in [6.45, 7) is 8.97. The molecule has 0 aromatic heterocycles. The molecule has 0 radical (unpaired) electrons. The third-order valence-electron chi connectivity index (χ3n) is 4.77. The Kier molecular flexibility index (Phi) is 5.76. The van der Waals surface area contributed by atoms with Crippen LogP contribution in [0.15, 0.2) is 42.5 Å². The number of rotatable bonds is 3. The van der Waals surface area contributed by atoms with E-state index >= 15 is 0 Å². The summed E-state index contributed by atoms with van der Waals surface area (Å²) in [7, 11) is 0. The molecule has 3 heteroatoms. The van der Waals surface area contributed by atoms with Crippen molar-refractivity contribution in [2.45, 2.75) is 51.9 Å². The van der Waals surface area contributed by atoms with Crippen LogP contribution in [0, 0.1) is 0 Å². The van der Waals surface area contributed by atoms with Gasteiger partial charge in [-0.1, -0.05) is 52.3 Å². The van der Waals surface area contributed by atoms with Crippen LogP contribution >= 0.6 is 0 Å². The Morgan fingerprint density at radius 1 is 1.04 bits per heavy atom. The molecule has 2 N–H and O–H groups in total. The molecule has 0 saturated carbocycles. The van der Waals surface area contributed by atoms with Crippen LogP contribution in [0.3, 0.4) is 0 Å². The molecule has 1 aliphatic heterocycles. The third kappa shape index (κ3) is 3.35. The summed E-state index contributed by atoms with van der Waals surface area (Å²) in [4.78, 5) is 0. The van der Waals surface area contributed by atoms with Crippen molar-refractivity contribution in [3.05, 3.63) is 53.6 Å². The van der Waals surface area contributed by atoms with E-state index in [1.54, 1.807) is 24.3 Å². The van der Waals surface area contributed by atoms with Gasteiger partial charge in [-0.05, 0) is 35.7 Å². The van der Waals surface area contributed by atoms with E-state index in [9.17, 15) is 10.2 Å². The summed E-state index contributed by atoms with van der Waals surface area (Å²) in [6.07, 6.45) is 2.14. The van der Waals surface area contributed by atoms with E-state index in [4.69, 9.17) is 4.74 Å². The number of aromatic hydroxyl groups is 2. The third-order valence-corrected chi connectivity index (χ3v) is 4.77. The van der Waals surface area contributed by atoms with Crippen molar-refractivity contribution in [3.8, 4) is 17.2 Å². The van der Waals surface area contributed by atoms with Crippen LogP contribution < -0.4 is 4.74 Å². The first-order valence-electron chi connectivity index (χ1n) is 8.80. The maximum absolute atomic E-state index is 9.67. The van der Waals surface area contributed by atoms with Gasteiger partial charge in [-0.15, -0.1) is 0 Å². The highest BCUT2D eigenvalue weighted by atomic mass is 16.5. The zero-order valence-electron chi connectivity index (χ0n) is 15.0. The number of fused-ring (bicyclic) bond motifs is 1. The summed E-state index contributed by atoms with van der Waals surface area (Å²) in [6, 6.07) is 12.8. The fraction of sp³-hybridized carbons (Fsp3) is 0.429. The molecule has 0 saturated heterocycles. The number of hydrogen-bond acceptors (Lipinski definition) is 3. The molecule has 130 valence electrons. The van der Waals surface area contributed by atoms with Gasteiger partial charge in [0.2, 0.25) is 0 Å². The van der Waals surface area contributed by atoms with Crippen LogP contribution in [0.4, 0.5) is 0 Å². The lowest BCUT2D eigenvalue weighted by Crippen LogP contribution is -2.40. The molecular weight excluding hydrogens is 300 g/mol. The van der Waals surface area contributed by atoms with Gasteiger partial charge in [-0.25, -0.2) is 0 Å². The van der Waals surface area contributed by atoms with Crippen LogP contribution in [-0.4, -0.2) is 16.8 Å². The van der Waals surface area contributed by atoms with Crippen molar-refractivity contribution in [3.63, 3.8) is 0 Å². The maximum atomic E-state index is 9.67. The second-order valence-electron chi connectivity index (χ2n) is 6.32. The highest BCUT2D eigenvalue weighted by Gasteiger charge is 2.41. The molecule has 0 spiro atoms. The van der Waals surface area contributed by atoms with Gasteiger partial charge in [0, 0.05) is 17.4 Å². The first-order chi connectivity index (χ1) is 11.5. The summed E-state index contributed by atoms with van der Waals surface area (Å²) in [5.41, 5.74) is 2.18. The minimum absolute atomic E-state index is 0.145. The van der Waals surface area contributed by atoms with Crippen LogP contribution in [-0.2, 0) is 5.41 Å². The van der Waals surface area contributed by atoms with E-state index in [1.807, 2.05) is 32.0 Å². The zero-order valence-corrected chi connectivity index (χ0v) is 15.0. The molecule has 0 bridgehead atoms. The highest BCUT2D eigenvalue weighted by Crippen LogP contribution is 2.49. The van der Waals surface area contributed by atoms with Gasteiger partial charge in [0.25, 0.3) is 0 Å². The van der Waals surface area contributed by atoms with Gasteiger partial charge in [-0.3, -0.25) is 0 Å². The van der Waals surface area contributed by atoms with E-state index in [0.717, 1.165) is 24.2 Å². The Labute approximate surface area is 144 Å². The largest absolute Gasteiger partial charge is 0.508 e.